The summed E-state index contributed by atoms with van der Waals surface area (Å²) in [6.45, 7) is 0.331. The van der Waals surface area contributed by atoms with Gasteiger partial charge in [0.1, 0.15) is 5.76 Å². The number of anilines is 1. The standard InChI is InChI=1S/C12H8F3N5O2S/c13-12(14,15)10-18-19-11(23-10)17-9(21)8-3-2-7(22-8)6-20-5-1-4-16-20/h1-5H,6H2,(H,17,19,21). The molecule has 0 atom stereocenters. The normalized spacial score (nSPS) is 11.6. The van der Waals surface area contributed by atoms with Crippen molar-refractivity contribution in [3.63, 3.8) is 0 Å². The van der Waals surface area contributed by atoms with E-state index < -0.39 is 17.1 Å². The van der Waals surface area contributed by atoms with Crippen LogP contribution in [0.1, 0.15) is 21.3 Å². The largest absolute Gasteiger partial charge is 0.454 e. The fourth-order valence-electron chi connectivity index (χ4n) is 1.69. The SMILES string of the molecule is O=C(Nc1nnc(C(F)(F)F)s1)c1ccc(Cn2cccn2)o1. The Morgan fingerprint density at radius 1 is 1.35 bits per heavy atom. The van der Waals surface area contributed by atoms with E-state index in [1.54, 1.807) is 29.2 Å². The quantitative estimate of drug-likeness (QED) is 0.787. The van der Waals surface area contributed by atoms with Crippen molar-refractivity contribution >= 4 is 22.4 Å². The number of amides is 1. The van der Waals surface area contributed by atoms with E-state index in [9.17, 15) is 18.0 Å². The van der Waals surface area contributed by atoms with Crippen molar-refractivity contribution in [2.75, 3.05) is 5.32 Å². The highest BCUT2D eigenvalue weighted by molar-refractivity contribution is 7.15. The number of aromatic nitrogens is 4. The molecule has 3 aromatic rings. The van der Waals surface area contributed by atoms with Gasteiger partial charge >= 0.3 is 6.18 Å². The predicted molar refractivity (Wildman–Crippen MR) is 72.9 cm³/mol. The van der Waals surface area contributed by atoms with E-state index in [2.05, 4.69) is 20.6 Å². The summed E-state index contributed by atoms with van der Waals surface area (Å²) in [5.74, 6) is -0.274. The predicted octanol–water partition coefficient (Wildman–Crippen LogP) is 2.65. The molecule has 120 valence electrons. The van der Waals surface area contributed by atoms with Crippen LogP contribution in [-0.4, -0.2) is 25.9 Å². The Morgan fingerprint density at radius 2 is 2.17 bits per heavy atom. The van der Waals surface area contributed by atoms with Gasteiger partial charge in [0.25, 0.3) is 5.91 Å². The van der Waals surface area contributed by atoms with E-state index in [1.165, 1.54) is 6.07 Å². The molecule has 3 aromatic heterocycles. The summed E-state index contributed by atoms with van der Waals surface area (Å²) >= 11 is 0.238. The maximum absolute atomic E-state index is 12.4. The van der Waals surface area contributed by atoms with Crippen LogP contribution in [0.15, 0.2) is 35.0 Å². The number of furan rings is 1. The highest BCUT2D eigenvalue weighted by Gasteiger charge is 2.35. The van der Waals surface area contributed by atoms with E-state index >= 15 is 0 Å². The molecule has 7 nitrogen and oxygen atoms in total. The van der Waals surface area contributed by atoms with Crippen LogP contribution in [0.25, 0.3) is 0 Å². The van der Waals surface area contributed by atoms with E-state index in [0.717, 1.165) is 0 Å². The fraction of sp³-hybridized carbons (Fsp3) is 0.167. The van der Waals surface area contributed by atoms with Gasteiger partial charge in [0.2, 0.25) is 10.1 Å². The second-order valence-electron chi connectivity index (χ2n) is 4.33. The highest BCUT2D eigenvalue weighted by Crippen LogP contribution is 2.33. The second-order valence-corrected chi connectivity index (χ2v) is 5.31. The lowest BCUT2D eigenvalue weighted by Gasteiger charge is -1.99. The Labute approximate surface area is 130 Å². The van der Waals surface area contributed by atoms with Gasteiger partial charge in [0, 0.05) is 12.4 Å². The van der Waals surface area contributed by atoms with Crippen LogP contribution in [-0.2, 0) is 12.7 Å². The molecular weight excluding hydrogens is 335 g/mol. The number of rotatable bonds is 4. The van der Waals surface area contributed by atoms with Crippen LogP contribution in [0.5, 0.6) is 0 Å². The summed E-state index contributed by atoms with van der Waals surface area (Å²) in [4.78, 5) is 11.9. The Kier molecular flexibility index (Phi) is 3.86. The van der Waals surface area contributed by atoms with Crippen molar-refractivity contribution in [2.24, 2.45) is 0 Å². The molecule has 0 unspecified atom stereocenters. The van der Waals surface area contributed by atoms with Crippen LogP contribution in [0, 0.1) is 0 Å². The van der Waals surface area contributed by atoms with Crippen LogP contribution in [0.2, 0.25) is 0 Å². The summed E-state index contributed by atoms with van der Waals surface area (Å²) in [5.41, 5.74) is 0. The zero-order chi connectivity index (χ0) is 16.4. The lowest BCUT2D eigenvalue weighted by Crippen LogP contribution is -2.10. The van der Waals surface area contributed by atoms with Gasteiger partial charge in [-0.15, -0.1) is 10.2 Å². The minimum Gasteiger partial charge on any atom is -0.454 e. The Hall–Kier alpha value is -2.69. The molecule has 0 saturated heterocycles. The summed E-state index contributed by atoms with van der Waals surface area (Å²) in [5, 5.41) is 11.1. The van der Waals surface area contributed by atoms with Crippen molar-refractivity contribution in [1.82, 2.24) is 20.0 Å². The van der Waals surface area contributed by atoms with Gasteiger partial charge in [-0.1, -0.05) is 11.3 Å². The van der Waals surface area contributed by atoms with Gasteiger partial charge in [-0.05, 0) is 18.2 Å². The number of nitrogens with zero attached hydrogens (tertiary/aromatic N) is 4. The number of hydrogen-bond donors (Lipinski definition) is 1. The van der Waals surface area contributed by atoms with Crippen LogP contribution < -0.4 is 5.32 Å². The van der Waals surface area contributed by atoms with Crippen molar-refractivity contribution in [2.45, 2.75) is 12.7 Å². The Bertz CT molecular complexity index is 809. The molecule has 11 heteroatoms. The zero-order valence-electron chi connectivity index (χ0n) is 11.2. The summed E-state index contributed by atoms with van der Waals surface area (Å²) in [6.07, 6.45) is -1.27. The monoisotopic (exact) mass is 343 g/mol. The Morgan fingerprint density at radius 3 is 2.83 bits per heavy atom. The zero-order valence-corrected chi connectivity index (χ0v) is 12.1. The molecule has 0 fully saturated rings. The van der Waals surface area contributed by atoms with Gasteiger partial charge in [0.05, 0.1) is 6.54 Å². The highest BCUT2D eigenvalue weighted by atomic mass is 32.1. The number of halogens is 3. The molecule has 3 heterocycles. The van der Waals surface area contributed by atoms with Crippen molar-refractivity contribution in [3.05, 3.63) is 47.1 Å². The van der Waals surface area contributed by atoms with Gasteiger partial charge < -0.3 is 4.42 Å². The number of carbonyl (C=O) groups is 1. The average Bonchev–Trinajstić information content (AvgIpc) is 3.18. The number of carbonyl (C=O) groups excluding carboxylic acids is 1. The minimum absolute atomic E-state index is 0.0454. The molecule has 0 aliphatic heterocycles. The molecule has 0 aromatic carbocycles. The number of alkyl halides is 3. The lowest BCUT2D eigenvalue weighted by molar-refractivity contribution is -0.138. The van der Waals surface area contributed by atoms with Crippen molar-refractivity contribution in [1.29, 1.82) is 0 Å². The first-order valence-corrected chi connectivity index (χ1v) is 7.01. The third-order valence-corrected chi connectivity index (χ3v) is 3.53. The summed E-state index contributed by atoms with van der Waals surface area (Å²) in [7, 11) is 0. The summed E-state index contributed by atoms with van der Waals surface area (Å²) < 4.78 is 44.2. The summed E-state index contributed by atoms with van der Waals surface area (Å²) in [6, 6.07) is 4.74. The van der Waals surface area contributed by atoms with Crippen LogP contribution in [0.4, 0.5) is 18.3 Å². The van der Waals surface area contributed by atoms with Gasteiger partial charge in [0.15, 0.2) is 5.76 Å². The molecule has 0 saturated carbocycles. The molecule has 3 rings (SSSR count). The molecule has 0 bridgehead atoms. The molecule has 1 N–H and O–H groups in total. The lowest BCUT2D eigenvalue weighted by atomic mass is 10.4. The minimum atomic E-state index is -4.59. The van der Waals surface area contributed by atoms with E-state index in [-0.39, 0.29) is 22.2 Å². The van der Waals surface area contributed by atoms with Crippen molar-refractivity contribution < 1.29 is 22.4 Å². The number of hydrogen-bond acceptors (Lipinski definition) is 6. The smallest absolute Gasteiger partial charge is 0.445 e. The van der Waals surface area contributed by atoms with Gasteiger partial charge in [-0.25, -0.2) is 0 Å². The third kappa shape index (κ3) is 3.56. The molecule has 1 amide bonds. The average molecular weight is 343 g/mol. The first-order chi connectivity index (χ1) is 10.9. The molecule has 0 aliphatic carbocycles. The number of nitrogens with one attached hydrogen (secondary N) is 1. The molecule has 0 spiro atoms. The third-order valence-electron chi connectivity index (χ3n) is 2.65. The van der Waals surface area contributed by atoms with Crippen molar-refractivity contribution in [3.8, 4) is 0 Å². The molecule has 0 aliphatic rings. The molecule has 23 heavy (non-hydrogen) atoms. The van der Waals surface area contributed by atoms with Gasteiger partial charge in [-0.3, -0.25) is 14.8 Å². The maximum atomic E-state index is 12.4. The Balaban J connectivity index is 1.66. The van der Waals surface area contributed by atoms with Gasteiger partial charge in [-0.2, -0.15) is 18.3 Å². The maximum Gasteiger partial charge on any atom is 0.445 e. The first-order valence-electron chi connectivity index (χ1n) is 6.20. The van der Waals surface area contributed by atoms with Crippen LogP contribution in [0.3, 0.4) is 0 Å². The van der Waals surface area contributed by atoms with E-state index in [0.29, 0.717) is 12.3 Å². The topological polar surface area (TPSA) is 85.8 Å². The molecular formula is C12H8F3N5O2S. The van der Waals surface area contributed by atoms with E-state index in [4.69, 9.17) is 4.42 Å². The van der Waals surface area contributed by atoms with E-state index in [1.807, 2.05) is 0 Å². The second kappa shape index (κ2) is 5.83. The first kappa shape index (κ1) is 15.2. The van der Waals surface area contributed by atoms with Crippen LogP contribution >= 0.6 is 11.3 Å². The fourth-order valence-corrected chi connectivity index (χ4v) is 2.29. The molecule has 0 radical (unpaired) electrons.